The maximum absolute atomic E-state index is 9.88. The molecule has 0 aromatic carbocycles. The number of terminal acetylenes is 3. The van der Waals surface area contributed by atoms with Crippen LogP contribution in [0.15, 0.2) is 0 Å². The number of carbonyl (C=O) groups is 3. The third kappa shape index (κ3) is 47.1. The van der Waals surface area contributed by atoms with E-state index >= 15 is 0 Å². The molecular formula is C15H18O6. The Morgan fingerprint density at radius 1 is 0.667 bits per heavy atom. The van der Waals surface area contributed by atoms with Crippen molar-refractivity contribution in [3.8, 4) is 37.0 Å². The van der Waals surface area contributed by atoms with Gasteiger partial charge in [-0.15, -0.1) is 19.3 Å². The van der Waals surface area contributed by atoms with Gasteiger partial charge in [-0.3, -0.25) is 14.4 Å². The fourth-order valence-electron chi connectivity index (χ4n) is 0.430. The van der Waals surface area contributed by atoms with E-state index in [1.807, 2.05) is 0 Å². The summed E-state index contributed by atoms with van der Waals surface area (Å²) < 4.78 is 12.9. The molecule has 6 nitrogen and oxygen atoms in total. The van der Waals surface area contributed by atoms with E-state index < -0.39 is 0 Å². The molecule has 0 rings (SSSR count). The quantitative estimate of drug-likeness (QED) is 0.429. The summed E-state index contributed by atoms with van der Waals surface area (Å²) in [5.41, 5.74) is 0. The minimum atomic E-state index is -0.335. The Morgan fingerprint density at radius 2 is 0.857 bits per heavy atom. The summed E-state index contributed by atoms with van der Waals surface area (Å²) >= 11 is 0. The molecule has 0 aliphatic carbocycles. The molecule has 0 heterocycles. The molecule has 114 valence electrons. The van der Waals surface area contributed by atoms with Crippen LogP contribution in [0.1, 0.15) is 20.8 Å². The minimum absolute atomic E-state index is 0.0787. The molecule has 0 fully saturated rings. The standard InChI is InChI=1S/3C5H6O2/c3*1-3-4-7-5(2)6/h3*1H,4H2,2H3. The lowest BCUT2D eigenvalue weighted by Gasteiger charge is -1.89. The molecule has 0 bridgehead atoms. The maximum Gasteiger partial charge on any atom is 0.303 e. The molecule has 21 heavy (non-hydrogen) atoms. The molecule has 0 aromatic heterocycles. The van der Waals surface area contributed by atoms with Crippen molar-refractivity contribution in [2.24, 2.45) is 0 Å². The summed E-state index contributed by atoms with van der Waals surface area (Å²) in [6.45, 7) is 4.19. The number of hydrogen-bond acceptors (Lipinski definition) is 6. The molecule has 0 unspecified atom stereocenters. The van der Waals surface area contributed by atoms with Crippen molar-refractivity contribution in [1.29, 1.82) is 0 Å². The summed E-state index contributed by atoms with van der Waals surface area (Å²) in [5.74, 6) is 5.46. The number of esters is 3. The molecule has 0 aliphatic rings. The average molecular weight is 294 g/mol. The van der Waals surface area contributed by atoms with Gasteiger partial charge in [0.2, 0.25) is 0 Å². The summed E-state index contributed by atoms with van der Waals surface area (Å²) in [7, 11) is 0. The van der Waals surface area contributed by atoms with Gasteiger partial charge in [0.15, 0.2) is 19.8 Å². The van der Waals surface area contributed by atoms with E-state index in [1.165, 1.54) is 20.8 Å². The first-order valence-corrected chi connectivity index (χ1v) is 5.52. The first kappa shape index (κ1) is 23.2. The van der Waals surface area contributed by atoms with Gasteiger partial charge in [-0.05, 0) is 0 Å². The molecule has 0 saturated carbocycles. The predicted molar refractivity (Wildman–Crippen MR) is 76.4 cm³/mol. The van der Waals surface area contributed by atoms with Crippen LogP contribution in [0.4, 0.5) is 0 Å². The molecule has 6 heteroatoms. The number of hydrogen-bond donors (Lipinski definition) is 0. The second-order valence-corrected chi connectivity index (χ2v) is 2.95. The summed E-state index contributed by atoms with van der Waals surface area (Å²) in [5, 5.41) is 0. The van der Waals surface area contributed by atoms with Crippen LogP contribution in [0.25, 0.3) is 0 Å². The smallest absolute Gasteiger partial charge is 0.303 e. The molecule has 0 atom stereocenters. The molecule has 0 amide bonds. The summed E-state index contributed by atoms with van der Waals surface area (Å²) in [6.07, 6.45) is 14.2. The van der Waals surface area contributed by atoms with Crippen molar-refractivity contribution >= 4 is 17.9 Å². The predicted octanol–water partition coefficient (Wildman–Crippen LogP) is 0.548. The molecule has 0 saturated heterocycles. The Kier molecular flexibility index (Phi) is 21.5. The zero-order valence-electron chi connectivity index (χ0n) is 12.3. The van der Waals surface area contributed by atoms with Crippen molar-refractivity contribution in [2.75, 3.05) is 19.8 Å². The normalized spacial score (nSPS) is 6.86. The molecule has 0 aromatic rings. The van der Waals surface area contributed by atoms with Crippen LogP contribution in [0, 0.1) is 37.0 Å². The Bertz CT molecular complexity index is 364. The van der Waals surface area contributed by atoms with Crippen molar-refractivity contribution in [2.45, 2.75) is 20.8 Å². The average Bonchev–Trinajstić information content (AvgIpc) is 2.41. The van der Waals surface area contributed by atoms with E-state index in [-0.39, 0.29) is 37.7 Å². The van der Waals surface area contributed by atoms with Gasteiger partial charge in [0.25, 0.3) is 0 Å². The van der Waals surface area contributed by atoms with E-state index in [1.54, 1.807) is 0 Å². The molecular weight excluding hydrogens is 276 g/mol. The lowest BCUT2D eigenvalue weighted by atomic mass is 10.7. The third-order valence-electron chi connectivity index (χ3n) is 1.08. The minimum Gasteiger partial charge on any atom is -0.453 e. The van der Waals surface area contributed by atoms with E-state index in [0.29, 0.717) is 0 Å². The Balaban J connectivity index is -0.000000231. The van der Waals surface area contributed by atoms with Gasteiger partial charge in [-0.2, -0.15) is 0 Å². The van der Waals surface area contributed by atoms with Crippen molar-refractivity contribution < 1.29 is 28.6 Å². The van der Waals surface area contributed by atoms with Crippen molar-refractivity contribution in [1.82, 2.24) is 0 Å². The lowest BCUT2D eigenvalue weighted by molar-refractivity contribution is -0.140. The van der Waals surface area contributed by atoms with Crippen LogP contribution < -0.4 is 0 Å². The highest BCUT2D eigenvalue weighted by Gasteiger charge is 1.84. The molecule has 0 aliphatic heterocycles. The number of rotatable bonds is 3. The van der Waals surface area contributed by atoms with Crippen LogP contribution in [0.3, 0.4) is 0 Å². The topological polar surface area (TPSA) is 78.9 Å². The Morgan fingerprint density at radius 3 is 0.905 bits per heavy atom. The van der Waals surface area contributed by atoms with E-state index in [0.717, 1.165) is 0 Å². The second kappa shape index (κ2) is 19.4. The zero-order chi connectivity index (χ0) is 17.1. The Hall–Kier alpha value is -2.91. The first-order chi connectivity index (χ1) is 9.81. The van der Waals surface area contributed by atoms with Gasteiger partial charge >= 0.3 is 17.9 Å². The van der Waals surface area contributed by atoms with E-state index in [4.69, 9.17) is 19.3 Å². The van der Waals surface area contributed by atoms with Gasteiger partial charge < -0.3 is 14.2 Å². The van der Waals surface area contributed by atoms with Gasteiger partial charge in [0, 0.05) is 20.8 Å². The fraction of sp³-hybridized carbons (Fsp3) is 0.400. The highest BCUT2D eigenvalue weighted by atomic mass is 16.5. The van der Waals surface area contributed by atoms with E-state index in [2.05, 4.69) is 32.0 Å². The number of carbonyl (C=O) groups excluding carboxylic acids is 3. The van der Waals surface area contributed by atoms with Gasteiger partial charge in [0.1, 0.15) is 0 Å². The lowest BCUT2D eigenvalue weighted by Crippen LogP contribution is -1.96. The third-order valence-corrected chi connectivity index (χ3v) is 1.08. The van der Waals surface area contributed by atoms with Crippen LogP contribution in [0.2, 0.25) is 0 Å². The van der Waals surface area contributed by atoms with Gasteiger partial charge in [-0.25, -0.2) is 0 Å². The summed E-state index contributed by atoms with van der Waals surface area (Å²) in [6, 6.07) is 0. The fourth-order valence-corrected chi connectivity index (χ4v) is 0.430. The van der Waals surface area contributed by atoms with Crippen molar-refractivity contribution in [3.05, 3.63) is 0 Å². The zero-order valence-corrected chi connectivity index (χ0v) is 12.3. The maximum atomic E-state index is 9.88. The molecule has 0 spiro atoms. The molecule has 0 N–H and O–H groups in total. The highest BCUT2D eigenvalue weighted by Crippen LogP contribution is 1.71. The highest BCUT2D eigenvalue weighted by molar-refractivity contribution is 5.66. The Labute approximate surface area is 125 Å². The van der Waals surface area contributed by atoms with Crippen LogP contribution in [0.5, 0.6) is 0 Å². The number of ether oxygens (including phenoxy) is 3. The van der Waals surface area contributed by atoms with E-state index in [9.17, 15) is 14.4 Å². The van der Waals surface area contributed by atoms with Crippen LogP contribution in [-0.2, 0) is 28.6 Å². The van der Waals surface area contributed by atoms with Crippen LogP contribution in [-0.4, -0.2) is 37.7 Å². The molecule has 0 radical (unpaired) electrons. The van der Waals surface area contributed by atoms with Gasteiger partial charge in [-0.1, -0.05) is 17.8 Å². The summed E-state index contributed by atoms with van der Waals surface area (Å²) in [4.78, 5) is 29.7. The monoisotopic (exact) mass is 294 g/mol. The first-order valence-electron chi connectivity index (χ1n) is 5.52. The van der Waals surface area contributed by atoms with Crippen molar-refractivity contribution in [3.63, 3.8) is 0 Å². The SMILES string of the molecule is C#CCOC(C)=O.C#CCOC(C)=O.C#CCOC(C)=O. The largest absolute Gasteiger partial charge is 0.453 e. The second-order valence-electron chi connectivity index (χ2n) is 2.95. The van der Waals surface area contributed by atoms with Gasteiger partial charge in [0.05, 0.1) is 0 Å². The van der Waals surface area contributed by atoms with Crippen LogP contribution >= 0.6 is 0 Å².